The number of aromatic hydroxyl groups is 2. The van der Waals surface area contributed by atoms with Gasteiger partial charge in [-0.2, -0.15) is 0 Å². The summed E-state index contributed by atoms with van der Waals surface area (Å²) in [4.78, 5) is 66.4. The molecule has 22 heteroatoms. The monoisotopic (exact) mass is 1690 g/mol. The van der Waals surface area contributed by atoms with Gasteiger partial charge in [-0.25, -0.2) is 19.2 Å². The number of benzene rings is 6. The van der Waals surface area contributed by atoms with Gasteiger partial charge in [-0.3, -0.25) is 4.79 Å². The van der Waals surface area contributed by atoms with Crippen LogP contribution >= 0.6 is 23.2 Å². The molecule has 4 fully saturated rings. The number of hydrogen-bond donors (Lipinski definition) is 3. The predicted molar refractivity (Wildman–Crippen MR) is 477 cm³/mol. The minimum absolute atomic E-state index is 0.0557. The molecule has 652 valence electrons. The van der Waals surface area contributed by atoms with Gasteiger partial charge < -0.3 is 73.0 Å². The van der Waals surface area contributed by atoms with Crippen molar-refractivity contribution in [2.45, 2.75) is 236 Å². The van der Waals surface area contributed by atoms with Gasteiger partial charge >= 0.3 is 24.4 Å². The predicted octanol–water partition coefficient (Wildman–Crippen LogP) is 20.3. The number of fused-ring (bicyclic) bond motifs is 10. The molecule has 16 rings (SSSR count). The Morgan fingerprint density at radius 3 is 1.24 bits per heavy atom. The van der Waals surface area contributed by atoms with Crippen LogP contribution in [0.2, 0.25) is 0 Å². The lowest BCUT2D eigenvalue weighted by atomic mass is 9.74. The van der Waals surface area contributed by atoms with Gasteiger partial charge in [0.2, 0.25) is 0 Å². The van der Waals surface area contributed by atoms with Gasteiger partial charge in [-0.1, -0.05) is 60.7 Å². The fourth-order valence-electron chi connectivity index (χ4n) is 18.1. The van der Waals surface area contributed by atoms with Crippen LogP contribution in [0.4, 0.5) is 19.2 Å². The van der Waals surface area contributed by atoms with Crippen molar-refractivity contribution in [2.24, 2.45) is 0 Å². The van der Waals surface area contributed by atoms with E-state index in [1.807, 2.05) is 146 Å². The number of phenols is 2. The highest BCUT2D eigenvalue weighted by molar-refractivity contribution is 6.18. The number of methoxy groups -OCH3 is 4. The Morgan fingerprint density at radius 2 is 0.800 bits per heavy atom. The summed E-state index contributed by atoms with van der Waals surface area (Å²) in [6.07, 6.45) is 25.7. The number of aryl methyl sites for hydroxylation is 4. The average molecular weight is 1690 g/mol. The van der Waals surface area contributed by atoms with Crippen molar-refractivity contribution < 1.29 is 72.1 Å². The van der Waals surface area contributed by atoms with Crippen LogP contribution in [0, 0.1) is 0 Å². The van der Waals surface area contributed by atoms with E-state index in [2.05, 4.69) is 84.2 Å². The highest BCUT2D eigenvalue weighted by Crippen LogP contribution is 2.51. The van der Waals surface area contributed by atoms with E-state index in [0.717, 1.165) is 164 Å². The number of Topliss-reactive ketones (excluding diaryl/α,β-unsaturated/α-hetero) is 1. The first-order valence-corrected chi connectivity index (χ1v) is 43.9. The number of likely N-dealkylation sites (tertiary alicyclic amines) is 3. The molecular weight excluding hydrogens is 1560 g/mol. The summed E-state index contributed by atoms with van der Waals surface area (Å²) in [5.74, 6) is 5.31. The lowest BCUT2D eigenvalue weighted by molar-refractivity contribution is 0.0153. The van der Waals surface area contributed by atoms with Crippen molar-refractivity contribution in [2.75, 3.05) is 106 Å². The normalized spacial score (nSPS) is 17.9. The third kappa shape index (κ3) is 24.4. The first kappa shape index (κ1) is 93.2. The summed E-state index contributed by atoms with van der Waals surface area (Å²) in [5.41, 5.74) is 14.8. The number of nitrogens with zero attached hydrogens (tertiary/aromatic N) is 4. The first-order valence-electron chi connectivity index (χ1n) is 42.8. The topological polar surface area (TPSA) is 225 Å². The molecule has 0 radical (unpaired) electrons. The SMILES string of the molecule is CC(C)(C)OC(=O)N(CCCl)CCCl.CC(C)(C)OC(=O)N1CCC2(CCc3cc(O)ccc32)CC1.COc1ccc2c(c1)C(=O)CC2.COc1ccc2c(c1)C=CC2.COc1ccc2c(c1)C=CC21CCN(C(=O)OC(C)(C)C)CC1.COc1ccc2c(c1)CCC21CCN(C(=O)OC(C)(C)C)CC1.Oc1ccc2c(c1)CCC21CCNCC1. The molecule has 0 bridgehead atoms. The standard InChI is InChI=1S/C19H27NO3.C19H25NO3.C18H25NO3.C13H17NO.C10H10O2.C10H10O.C9H17Cl2NO2/c2*1-18(2,3)23-17(21)20-11-9-19(10-12-20)8-7-14-13-15(22-4)5-6-16(14)19;1-17(2,3)22-16(21)19-10-8-18(9-11-19)7-6-13-12-14(20)4-5-15(13)18;15-11-1-2-12-10(9-11)3-4-13(12)5-7-14-8-6-13;1-12-8-4-2-7-3-5-10(11)9(7)6-8;1-11-10-6-5-8-3-2-4-9(8)7-10;1-9(2,3)14-8(13)12(6-4-10)7-5-11/h5-6,13H,7-12H2,1-4H3;5-8,13H,9-12H2,1-4H3;4-5,12,20H,6-11H2,1-3H3;1-2,9,14-15H,3-8H2;2,4,6H,3,5H2,1H3;2,4-7H,3H2,1H3;4-7H2,1-3H3. The highest BCUT2D eigenvalue weighted by Gasteiger charge is 2.46. The number of carbonyl (C=O) groups excluding carboxylic acids is 5. The zero-order chi connectivity index (χ0) is 87.0. The average Bonchev–Trinajstić information content (AvgIpc) is 1.65. The number of amides is 4. The van der Waals surface area contributed by atoms with E-state index in [9.17, 15) is 34.2 Å². The molecule has 4 aliphatic heterocycles. The Morgan fingerprint density at radius 1 is 0.417 bits per heavy atom. The van der Waals surface area contributed by atoms with Crippen LogP contribution in [0.1, 0.15) is 232 Å². The molecule has 6 aromatic carbocycles. The Bertz CT molecular complexity index is 4560. The molecule has 4 saturated heterocycles. The second kappa shape index (κ2) is 40.3. The minimum Gasteiger partial charge on any atom is -0.508 e. The number of carbonyl (C=O) groups is 5. The van der Waals surface area contributed by atoms with Gasteiger partial charge in [0.25, 0.3) is 0 Å². The minimum atomic E-state index is -0.478. The summed E-state index contributed by atoms with van der Waals surface area (Å²) < 4.78 is 42.4. The number of rotatable bonds is 8. The second-order valence-corrected chi connectivity index (χ2v) is 37.9. The van der Waals surface area contributed by atoms with Crippen molar-refractivity contribution in [1.82, 2.24) is 24.9 Å². The molecule has 0 aromatic heterocycles. The smallest absolute Gasteiger partial charge is 0.410 e. The summed E-state index contributed by atoms with van der Waals surface area (Å²) in [6.45, 7) is 30.3. The second-order valence-electron chi connectivity index (χ2n) is 37.1. The van der Waals surface area contributed by atoms with Crippen LogP contribution in [-0.4, -0.2) is 188 Å². The maximum Gasteiger partial charge on any atom is 0.410 e. The van der Waals surface area contributed by atoms with E-state index in [1.54, 1.807) is 34.5 Å². The lowest BCUT2D eigenvalue weighted by Crippen LogP contribution is -2.46. The van der Waals surface area contributed by atoms with Crippen LogP contribution in [0.15, 0.2) is 121 Å². The summed E-state index contributed by atoms with van der Waals surface area (Å²) in [5, 5.41) is 22.5. The fraction of sp³-hybridized carbons (Fsp3) is 0.541. The molecule has 4 spiro atoms. The van der Waals surface area contributed by atoms with Crippen LogP contribution in [0.3, 0.4) is 0 Å². The largest absolute Gasteiger partial charge is 0.508 e. The van der Waals surface area contributed by atoms with Gasteiger partial charge in [0.1, 0.15) is 56.9 Å². The van der Waals surface area contributed by atoms with E-state index in [-0.39, 0.29) is 46.4 Å². The maximum absolute atomic E-state index is 12.2. The van der Waals surface area contributed by atoms with Crippen molar-refractivity contribution in [3.63, 3.8) is 0 Å². The quantitative estimate of drug-likeness (QED) is 0.0951. The summed E-state index contributed by atoms with van der Waals surface area (Å²) in [7, 11) is 6.71. The Labute approximate surface area is 722 Å². The number of ether oxygens (including phenoxy) is 8. The number of ketones is 1. The van der Waals surface area contributed by atoms with Gasteiger partial charge in [0.15, 0.2) is 5.78 Å². The highest BCUT2D eigenvalue weighted by atomic mass is 35.5. The number of nitrogens with one attached hydrogen (secondary N) is 1. The molecule has 0 unspecified atom stereocenters. The zero-order valence-corrected chi connectivity index (χ0v) is 75.5. The molecule has 0 atom stereocenters. The molecule has 0 saturated carbocycles. The lowest BCUT2D eigenvalue weighted by Gasteiger charge is -2.40. The van der Waals surface area contributed by atoms with Crippen molar-refractivity contribution in [3.8, 4) is 34.5 Å². The number of piperidine rings is 4. The maximum atomic E-state index is 12.2. The number of phenolic OH excluding ortho intramolecular Hbond substituents is 2. The van der Waals surface area contributed by atoms with Gasteiger partial charge in [-0.05, 0) is 349 Å². The summed E-state index contributed by atoms with van der Waals surface area (Å²) in [6, 6.07) is 36.3. The van der Waals surface area contributed by atoms with Crippen LogP contribution in [0.5, 0.6) is 34.5 Å². The summed E-state index contributed by atoms with van der Waals surface area (Å²) >= 11 is 11.1. The molecule has 6 aromatic rings. The number of allylic oxidation sites excluding steroid dienone is 2. The number of alkyl halides is 2. The molecule has 6 aliphatic carbocycles. The van der Waals surface area contributed by atoms with Crippen molar-refractivity contribution in [1.29, 1.82) is 0 Å². The Kier molecular flexibility index (Phi) is 31.3. The van der Waals surface area contributed by atoms with Gasteiger partial charge in [-0.15, -0.1) is 23.2 Å². The third-order valence-electron chi connectivity index (χ3n) is 24.4. The number of halogens is 2. The van der Waals surface area contributed by atoms with Gasteiger partial charge in [0, 0.05) is 81.5 Å². The van der Waals surface area contributed by atoms with E-state index in [0.29, 0.717) is 48.2 Å². The van der Waals surface area contributed by atoms with Gasteiger partial charge in [0.05, 0.1) is 28.4 Å². The van der Waals surface area contributed by atoms with E-state index < -0.39 is 22.4 Å². The number of hydrogen-bond acceptors (Lipinski definition) is 16. The molecule has 4 amide bonds. The fourth-order valence-corrected chi connectivity index (χ4v) is 18.5. The molecule has 120 heavy (non-hydrogen) atoms. The molecule has 3 N–H and O–H groups in total. The first-order chi connectivity index (χ1) is 56.9. The molecular formula is C98H131Cl2N5O15. The Balaban J connectivity index is 0.000000150. The van der Waals surface area contributed by atoms with Crippen molar-refractivity contribution >= 4 is 65.5 Å². The van der Waals surface area contributed by atoms with E-state index in [1.165, 1.54) is 86.2 Å². The Hall–Kier alpha value is -9.11. The van der Waals surface area contributed by atoms with E-state index in [4.69, 9.17) is 61.1 Å². The molecule has 4 heterocycles. The van der Waals surface area contributed by atoms with Crippen LogP contribution < -0.4 is 24.3 Å². The van der Waals surface area contributed by atoms with Crippen LogP contribution in [-0.2, 0) is 72.7 Å². The van der Waals surface area contributed by atoms with Crippen LogP contribution in [0.25, 0.3) is 12.2 Å². The third-order valence-corrected chi connectivity index (χ3v) is 24.7. The van der Waals surface area contributed by atoms with E-state index >= 15 is 0 Å². The molecule has 20 nitrogen and oxygen atoms in total. The zero-order valence-electron chi connectivity index (χ0n) is 74.0. The van der Waals surface area contributed by atoms with Crippen molar-refractivity contribution in [3.05, 3.63) is 188 Å². The molecule has 10 aliphatic rings.